The summed E-state index contributed by atoms with van der Waals surface area (Å²) in [4.78, 5) is 19.8. The van der Waals surface area contributed by atoms with Gasteiger partial charge in [0.05, 0.1) is 22.4 Å². The van der Waals surface area contributed by atoms with E-state index in [1.54, 1.807) is 6.07 Å². The number of benzene rings is 2. The smallest absolute Gasteiger partial charge is 0.317 e. The molecular weight excluding hydrogens is 555 g/mol. The molecule has 0 aliphatic carbocycles. The van der Waals surface area contributed by atoms with E-state index >= 15 is 4.39 Å². The summed E-state index contributed by atoms with van der Waals surface area (Å²) in [6.45, 7) is 7.84. The molecule has 0 unspecified atom stereocenters. The molecule has 0 spiro atoms. The van der Waals surface area contributed by atoms with E-state index in [-0.39, 0.29) is 16.9 Å². The molecule has 2 aromatic carbocycles. The van der Waals surface area contributed by atoms with Gasteiger partial charge in [0.1, 0.15) is 12.4 Å². The van der Waals surface area contributed by atoms with Gasteiger partial charge in [-0.25, -0.2) is 4.39 Å². The molecule has 0 atom stereocenters. The number of nitrogens with zero attached hydrogens (tertiary/aromatic N) is 5. The molecule has 7 rings (SSSR count). The monoisotopic (exact) mass is 598 g/mol. The number of rotatable bonds is 9. The molecule has 4 aromatic rings. The lowest BCUT2D eigenvalue weighted by atomic mass is 9.88. The van der Waals surface area contributed by atoms with Gasteiger partial charge < -0.3 is 19.7 Å². The number of hydrogen-bond donors (Lipinski definition) is 1. The van der Waals surface area contributed by atoms with Crippen LogP contribution in [0.25, 0.3) is 32.9 Å². The first-order valence-corrected chi connectivity index (χ1v) is 16.1. The van der Waals surface area contributed by atoms with Gasteiger partial charge in [-0.2, -0.15) is 9.97 Å². The average molecular weight is 599 g/mol. The molecule has 9 heteroatoms. The fraction of sp³-hybridized carbons (Fsp3) is 0.514. The zero-order chi connectivity index (χ0) is 30.3. The zero-order valence-electron chi connectivity index (χ0n) is 26.2. The first-order chi connectivity index (χ1) is 21.4. The molecule has 44 heavy (non-hydrogen) atoms. The van der Waals surface area contributed by atoms with Gasteiger partial charge in [0.25, 0.3) is 0 Å². The van der Waals surface area contributed by atoms with Gasteiger partial charge in [0.15, 0.2) is 0 Å². The summed E-state index contributed by atoms with van der Waals surface area (Å²) in [5.41, 5.74) is 4.17. The Balaban J connectivity index is 1.26. The van der Waals surface area contributed by atoms with Crippen molar-refractivity contribution in [3.05, 3.63) is 59.7 Å². The summed E-state index contributed by atoms with van der Waals surface area (Å²) in [7, 11) is 4.30. The molecule has 0 bridgehead atoms. The van der Waals surface area contributed by atoms with Gasteiger partial charge in [0, 0.05) is 59.9 Å². The Labute approximate surface area is 259 Å². The summed E-state index contributed by atoms with van der Waals surface area (Å²) >= 11 is 0. The van der Waals surface area contributed by atoms with Crippen LogP contribution in [0.5, 0.6) is 6.01 Å². The van der Waals surface area contributed by atoms with Crippen molar-refractivity contribution in [2.45, 2.75) is 63.1 Å². The first-order valence-electron chi connectivity index (χ1n) is 16.1. The Bertz CT molecular complexity index is 1660. The van der Waals surface area contributed by atoms with Crippen molar-refractivity contribution in [1.29, 1.82) is 0 Å². The van der Waals surface area contributed by atoms with Crippen LogP contribution >= 0.6 is 0 Å². The third-order valence-corrected chi connectivity index (χ3v) is 10.5. The van der Waals surface area contributed by atoms with E-state index in [1.165, 1.54) is 18.9 Å². The van der Waals surface area contributed by atoms with Crippen LogP contribution in [0.15, 0.2) is 42.6 Å². The Hall–Kier alpha value is -3.24. The van der Waals surface area contributed by atoms with Crippen molar-refractivity contribution in [1.82, 2.24) is 30.1 Å². The van der Waals surface area contributed by atoms with Crippen molar-refractivity contribution in [3.63, 3.8) is 0 Å². The molecule has 0 saturated carbocycles. The van der Waals surface area contributed by atoms with E-state index in [2.05, 4.69) is 29.2 Å². The van der Waals surface area contributed by atoms with Gasteiger partial charge in [-0.1, -0.05) is 30.3 Å². The number of fused-ring (bicyclic) bond motifs is 3. The van der Waals surface area contributed by atoms with Crippen LogP contribution < -0.4 is 10.1 Å². The number of aromatic nitrogens is 3. The van der Waals surface area contributed by atoms with Crippen LogP contribution in [0.1, 0.15) is 49.8 Å². The van der Waals surface area contributed by atoms with Crippen LogP contribution in [-0.2, 0) is 11.3 Å². The lowest BCUT2D eigenvalue weighted by Gasteiger charge is -2.43. The number of likely N-dealkylation sites (N-methyl/N-ethyl adjacent to an activating group) is 1. The molecule has 5 heterocycles. The second-order valence-electron chi connectivity index (χ2n) is 13.1. The molecule has 3 fully saturated rings. The minimum Gasteiger partial charge on any atom is -0.461 e. The molecule has 1 N–H and O–H groups in total. The van der Waals surface area contributed by atoms with Crippen molar-refractivity contribution in [2.24, 2.45) is 0 Å². The van der Waals surface area contributed by atoms with Gasteiger partial charge in [0.2, 0.25) is 0 Å². The van der Waals surface area contributed by atoms with Gasteiger partial charge in [-0.3, -0.25) is 9.88 Å². The van der Waals surface area contributed by atoms with E-state index in [1.807, 2.05) is 37.4 Å². The maximum atomic E-state index is 15.1. The quantitative estimate of drug-likeness (QED) is 0.271. The third kappa shape index (κ3) is 5.23. The Morgan fingerprint density at radius 3 is 2.52 bits per heavy atom. The first kappa shape index (κ1) is 29.5. The molecule has 3 aliphatic rings. The maximum Gasteiger partial charge on any atom is 0.317 e. The summed E-state index contributed by atoms with van der Waals surface area (Å²) < 4.78 is 27.3. The zero-order valence-corrected chi connectivity index (χ0v) is 26.2. The summed E-state index contributed by atoms with van der Waals surface area (Å²) in [6, 6.07) is 11.4. The van der Waals surface area contributed by atoms with E-state index in [4.69, 9.17) is 24.4 Å². The van der Waals surface area contributed by atoms with Crippen LogP contribution in [0.2, 0.25) is 0 Å². The molecule has 0 amide bonds. The lowest BCUT2D eigenvalue weighted by Crippen LogP contribution is -2.54. The van der Waals surface area contributed by atoms with Gasteiger partial charge >= 0.3 is 6.01 Å². The minimum atomic E-state index is -0.254. The standard InChI is InChI=1S/C35H43FN6O2/c1-24-31(26-10-4-8-25-9-5-11-28(36)30(25)26)38-20-27-29(21-37-22-34(41(2)3)14-18-43-19-15-34)39-33(40-32(24)27)44-23-35-12-6-16-42(35)17-7-13-35/h4-5,8-11,20,37H,6-7,12-19,21-23H2,1-3H3. The van der Waals surface area contributed by atoms with Crippen molar-refractivity contribution in [2.75, 3.05) is 53.6 Å². The van der Waals surface area contributed by atoms with Crippen molar-refractivity contribution < 1.29 is 13.9 Å². The summed E-state index contributed by atoms with van der Waals surface area (Å²) in [6.07, 6.45) is 8.56. The van der Waals surface area contributed by atoms with E-state index in [0.29, 0.717) is 24.5 Å². The van der Waals surface area contributed by atoms with Crippen LogP contribution in [0.3, 0.4) is 0 Å². The summed E-state index contributed by atoms with van der Waals surface area (Å²) in [5.74, 6) is -0.254. The normalized spacial score (nSPS) is 19.7. The Morgan fingerprint density at radius 1 is 1.02 bits per heavy atom. The fourth-order valence-corrected chi connectivity index (χ4v) is 7.82. The van der Waals surface area contributed by atoms with Crippen LogP contribution in [-0.4, -0.2) is 89.4 Å². The number of halogens is 1. The van der Waals surface area contributed by atoms with Crippen LogP contribution in [0, 0.1) is 12.7 Å². The average Bonchev–Trinajstić information content (AvgIpc) is 3.62. The number of nitrogens with one attached hydrogen (secondary N) is 1. The highest BCUT2D eigenvalue weighted by molar-refractivity contribution is 5.99. The Morgan fingerprint density at radius 2 is 1.77 bits per heavy atom. The van der Waals surface area contributed by atoms with Gasteiger partial charge in [-0.15, -0.1) is 0 Å². The summed E-state index contributed by atoms with van der Waals surface area (Å²) in [5, 5.41) is 6.02. The third-order valence-electron chi connectivity index (χ3n) is 10.5. The molecule has 2 aromatic heterocycles. The number of aryl methyl sites for hydroxylation is 1. The number of ether oxygens (including phenoxy) is 2. The predicted octanol–water partition coefficient (Wildman–Crippen LogP) is 5.50. The molecule has 8 nitrogen and oxygen atoms in total. The van der Waals surface area contributed by atoms with Crippen LogP contribution in [0.4, 0.5) is 4.39 Å². The van der Waals surface area contributed by atoms with Crippen molar-refractivity contribution >= 4 is 21.7 Å². The topological polar surface area (TPSA) is 75.6 Å². The van der Waals surface area contributed by atoms with E-state index in [0.717, 1.165) is 97.3 Å². The molecule has 232 valence electrons. The maximum absolute atomic E-state index is 15.1. The second-order valence-corrected chi connectivity index (χ2v) is 13.1. The highest BCUT2D eigenvalue weighted by atomic mass is 19.1. The highest BCUT2D eigenvalue weighted by Crippen LogP contribution is 2.39. The minimum absolute atomic E-state index is 0.0355. The fourth-order valence-electron chi connectivity index (χ4n) is 7.82. The SMILES string of the molecule is Cc1c(-c2cccc3cccc(F)c23)ncc2c(CNCC3(N(C)C)CCOCC3)nc(OCC34CCCN3CCC4)nc12. The largest absolute Gasteiger partial charge is 0.461 e. The molecular formula is C35H43FN6O2. The van der Waals surface area contributed by atoms with E-state index < -0.39 is 0 Å². The van der Waals surface area contributed by atoms with Gasteiger partial charge in [-0.05, 0) is 84.1 Å². The second kappa shape index (κ2) is 11.9. The molecule has 0 radical (unpaired) electrons. The highest BCUT2D eigenvalue weighted by Gasteiger charge is 2.45. The molecule has 3 aliphatic heterocycles. The number of hydrogen-bond acceptors (Lipinski definition) is 8. The predicted molar refractivity (Wildman–Crippen MR) is 171 cm³/mol. The molecule has 3 saturated heterocycles. The van der Waals surface area contributed by atoms with Crippen molar-refractivity contribution in [3.8, 4) is 17.3 Å². The van der Waals surface area contributed by atoms with E-state index in [9.17, 15) is 0 Å². The Kier molecular flexibility index (Phi) is 7.99. The number of pyridine rings is 1. The lowest BCUT2D eigenvalue weighted by molar-refractivity contribution is -0.00718.